The van der Waals surface area contributed by atoms with Crippen LogP contribution >= 0.6 is 0 Å². The van der Waals surface area contributed by atoms with Crippen LogP contribution < -0.4 is 15.0 Å². The van der Waals surface area contributed by atoms with Crippen LogP contribution in [0.4, 0.5) is 11.5 Å². The molecular weight excluding hydrogens is 406 g/mol. The molecule has 1 aromatic carbocycles. The summed E-state index contributed by atoms with van der Waals surface area (Å²) < 4.78 is 10.4. The fourth-order valence-electron chi connectivity index (χ4n) is 3.41. The van der Waals surface area contributed by atoms with Crippen LogP contribution in [-0.4, -0.2) is 41.2 Å². The lowest BCUT2D eigenvalue weighted by Crippen LogP contribution is -2.44. The summed E-state index contributed by atoms with van der Waals surface area (Å²) in [6, 6.07) is 16.6. The summed E-state index contributed by atoms with van der Waals surface area (Å²) in [5.41, 5.74) is 3.29. The summed E-state index contributed by atoms with van der Waals surface area (Å²) in [6.07, 6.45) is 7.08. The minimum Gasteiger partial charge on any atom is -0.480 e. The van der Waals surface area contributed by atoms with Crippen LogP contribution in [0.25, 0.3) is 11.1 Å². The first-order valence-electron chi connectivity index (χ1n) is 10.1. The number of benzene rings is 1. The van der Waals surface area contributed by atoms with Crippen LogP contribution in [0.5, 0.6) is 5.88 Å². The van der Waals surface area contributed by atoms with Gasteiger partial charge in [0.05, 0.1) is 7.11 Å². The van der Waals surface area contributed by atoms with Gasteiger partial charge < -0.3 is 19.5 Å². The van der Waals surface area contributed by atoms with E-state index in [1.807, 2.05) is 55.6 Å². The van der Waals surface area contributed by atoms with Crippen LogP contribution in [0.3, 0.4) is 0 Å². The molecule has 1 N–H and O–H groups in total. The van der Waals surface area contributed by atoms with Gasteiger partial charge in [-0.1, -0.05) is 35.5 Å². The largest absolute Gasteiger partial charge is 0.480 e. The van der Waals surface area contributed by atoms with E-state index in [9.17, 15) is 4.79 Å². The number of anilines is 2. The molecule has 8 heteroatoms. The molecule has 0 saturated heterocycles. The van der Waals surface area contributed by atoms with E-state index < -0.39 is 6.04 Å². The zero-order chi connectivity index (χ0) is 22.3. The molecule has 0 radical (unpaired) electrons. The van der Waals surface area contributed by atoms with Gasteiger partial charge in [0.1, 0.15) is 18.0 Å². The SMILES string of the molecule is COc1ncc(-c2ccncc2)cc1NC(=O)[C@H](Cc1ccccc1)N(C)c1ccon1. The second kappa shape index (κ2) is 9.74. The number of nitrogens with one attached hydrogen (secondary N) is 1. The van der Waals surface area contributed by atoms with Gasteiger partial charge in [-0.15, -0.1) is 0 Å². The van der Waals surface area contributed by atoms with Gasteiger partial charge in [-0.3, -0.25) is 9.78 Å². The fraction of sp³-hybridized carbons (Fsp3) is 0.167. The number of carbonyl (C=O) groups is 1. The van der Waals surface area contributed by atoms with Crippen molar-refractivity contribution in [1.29, 1.82) is 0 Å². The van der Waals surface area contributed by atoms with Gasteiger partial charge in [0.15, 0.2) is 5.82 Å². The second-order valence-electron chi connectivity index (χ2n) is 7.18. The summed E-state index contributed by atoms with van der Waals surface area (Å²) >= 11 is 0. The number of carbonyl (C=O) groups excluding carboxylic acids is 1. The molecule has 0 aliphatic carbocycles. The maximum Gasteiger partial charge on any atom is 0.247 e. The molecule has 0 fully saturated rings. The van der Waals surface area contributed by atoms with Crippen molar-refractivity contribution in [1.82, 2.24) is 15.1 Å². The number of pyridine rings is 2. The molecular formula is C24H23N5O3. The Morgan fingerprint density at radius 1 is 1.12 bits per heavy atom. The predicted octanol–water partition coefficient (Wildman–Crippen LogP) is 3.83. The van der Waals surface area contributed by atoms with E-state index in [0.29, 0.717) is 23.8 Å². The molecule has 4 rings (SSSR count). The van der Waals surface area contributed by atoms with E-state index in [1.165, 1.54) is 13.4 Å². The monoisotopic (exact) mass is 429 g/mol. The molecule has 0 aliphatic heterocycles. The van der Waals surface area contributed by atoms with Crippen molar-refractivity contribution < 1.29 is 14.1 Å². The van der Waals surface area contributed by atoms with Gasteiger partial charge in [-0.25, -0.2) is 4.98 Å². The number of likely N-dealkylation sites (N-methyl/N-ethyl adjacent to an activating group) is 1. The van der Waals surface area contributed by atoms with Gasteiger partial charge in [-0.05, 0) is 29.3 Å². The van der Waals surface area contributed by atoms with Crippen molar-refractivity contribution in [2.24, 2.45) is 0 Å². The van der Waals surface area contributed by atoms with E-state index in [1.54, 1.807) is 29.6 Å². The van der Waals surface area contributed by atoms with Gasteiger partial charge >= 0.3 is 0 Å². The highest BCUT2D eigenvalue weighted by molar-refractivity contribution is 5.98. The Morgan fingerprint density at radius 2 is 1.91 bits per heavy atom. The molecule has 3 heterocycles. The maximum absolute atomic E-state index is 13.5. The quantitative estimate of drug-likeness (QED) is 0.455. The van der Waals surface area contributed by atoms with Crippen LogP contribution in [0, 0.1) is 0 Å². The lowest BCUT2D eigenvalue weighted by molar-refractivity contribution is -0.117. The Balaban J connectivity index is 1.64. The normalized spacial score (nSPS) is 11.6. The van der Waals surface area contributed by atoms with E-state index in [0.717, 1.165) is 16.7 Å². The highest BCUT2D eigenvalue weighted by Gasteiger charge is 2.26. The molecule has 0 bridgehead atoms. The Hall–Kier alpha value is -4.20. The summed E-state index contributed by atoms with van der Waals surface area (Å²) in [5.74, 6) is 0.682. The number of nitrogens with zero attached hydrogens (tertiary/aromatic N) is 4. The third-order valence-electron chi connectivity index (χ3n) is 5.14. The van der Waals surface area contributed by atoms with E-state index in [2.05, 4.69) is 20.4 Å². The smallest absolute Gasteiger partial charge is 0.247 e. The zero-order valence-electron chi connectivity index (χ0n) is 17.8. The minimum absolute atomic E-state index is 0.216. The van der Waals surface area contributed by atoms with Crippen molar-refractivity contribution in [2.45, 2.75) is 12.5 Å². The predicted molar refractivity (Wildman–Crippen MR) is 121 cm³/mol. The third-order valence-corrected chi connectivity index (χ3v) is 5.14. The summed E-state index contributed by atoms with van der Waals surface area (Å²) in [5, 5.41) is 6.98. The molecule has 1 amide bonds. The van der Waals surface area contributed by atoms with Crippen molar-refractivity contribution >= 4 is 17.4 Å². The van der Waals surface area contributed by atoms with Crippen LogP contribution in [0.15, 0.2) is 84.0 Å². The Labute approximate surface area is 185 Å². The highest BCUT2D eigenvalue weighted by Crippen LogP contribution is 2.28. The molecule has 3 aromatic heterocycles. The number of hydrogen-bond donors (Lipinski definition) is 1. The maximum atomic E-state index is 13.5. The average Bonchev–Trinajstić information content (AvgIpc) is 3.38. The van der Waals surface area contributed by atoms with Gasteiger partial charge in [0, 0.05) is 43.7 Å². The first-order chi connectivity index (χ1) is 15.7. The average molecular weight is 429 g/mol. The Bertz CT molecular complexity index is 1150. The topological polar surface area (TPSA) is 93.4 Å². The molecule has 0 aliphatic rings. The first kappa shape index (κ1) is 21.0. The molecule has 0 spiro atoms. The number of hydrogen-bond acceptors (Lipinski definition) is 7. The van der Waals surface area contributed by atoms with E-state index >= 15 is 0 Å². The number of ether oxygens (including phenoxy) is 1. The van der Waals surface area contributed by atoms with Crippen LogP contribution in [0.1, 0.15) is 5.56 Å². The number of amides is 1. The molecule has 0 unspecified atom stereocenters. The Morgan fingerprint density at radius 3 is 2.59 bits per heavy atom. The lowest BCUT2D eigenvalue weighted by Gasteiger charge is -2.27. The van der Waals surface area contributed by atoms with Crippen molar-refractivity contribution in [3.63, 3.8) is 0 Å². The summed E-state index contributed by atoms with van der Waals surface area (Å²) in [7, 11) is 3.33. The third kappa shape index (κ3) is 4.75. The van der Waals surface area contributed by atoms with Crippen molar-refractivity contribution in [3.05, 3.63) is 85.0 Å². The van der Waals surface area contributed by atoms with Crippen LogP contribution in [0.2, 0.25) is 0 Å². The van der Waals surface area contributed by atoms with Gasteiger partial charge in [0.2, 0.25) is 11.8 Å². The lowest BCUT2D eigenvalue weighted by atomic mass is 10.0. The molecule has 0 saturated carbocycles. The number of aromatic nitrogens is 3. The zero-order valence-corrected chi connectivity index (χ0v) is 17.8. The van der Waals surface area contributed by atoms with Gasteiger partial charge in [0.25, 0.3) is 0 Å². The number of rotatable bonds is 8. The van der Waals surface area contributed by atoms with Gasteiger partial charge in [-0.2, -0.15) is 0 Å². The van der Waals surface area contributed by atoms with Crippen molar-refractivity contribution in [3.8, 4) is 17.0 Å². The first-order valence-corrected chi connectivity index (χ1v) is 10.1. The highest BCUT2D eigenvalue weighted by atomic mass is 16.5. The van der Waals surface area contributed by atoms with Crippen molar-refractivity contribution in [2.75, 3.05) is 24.4 Å². The number of methoxy groups -OCH3 is 1. The fourth-order valence-corrected chi connectivity index (χ4v) is 3.41. The second-order valence-corrected chi connectivity index (χ2v) is 7.18. The Kier molecular flexibility index (Phi) is 6.41. The molecule has 4 aromatic rings. The van der Waals surface area contributed by atoms with Crippen LogP contribution in [-0.2, 0) is 11.2 Å². The minimum atomic E-state index is -0.545. The molecule has 162 valence electrons. The summed E-state index contributed by atoms with van der Waals surface area (Å²) in [4.78, 5) is 23.7. The molecule has 32 heavy (non-hydrogen) atoms. The van der Waals surface area contributed by atoms with E-state index in [-0.39, 0.29) is 5.91 Å². The summed E-state index contributed by atoms with van der Waals surface area (Å²) in [6.45, 7) is 0. The standard InChI is InChI=1S/C24H23N5O3/c1-29(22-10-13-32-28-22)21(14-17-6-4-3-5-7-17)23(30)27-20-15-19(16-26-24(20)31-2)18-8-11-25-12-9-18/h3-13,15-16,21H,14H2,1-2H3,(H,27,30)/t21-/m0/s1. The molecule has 8 nitrogen and oxygen atoms in total. The molecule has 1 atom stereocenters. The van der Waals surface area contributed by atoms with E-state index in [4.69, 9.17) is 9.26 Å².